The Hall–Kier alpha value is -2.82. The fourth-order valence-corrected chi connectivity index (χ4v) is 2.64. The van der Waals surface area contributed by atoms with Crippen LogP contribution in [0.3, 0.4) is 0 Å². The third-order valence-corrected chi connectivity index (χ3v) is 3.98. The summed E-state index contributed by atoms with van der Waals surface area (Å²) in [7, 11) is 0. The SMILES string of the molecule is C[C@@H](c1ccc(-c2ccccc2)cc1)[C@H](NC(=O)OC(C)(C)C)C(=O)O. The number of amides is 1. The van der Waals surface area contributed by atoms with Crippen molar-refractivity contribution in [3.05, 3.63) is 60.2 Å². The van der Waals surface area contributed by atoms with Gasteiger partial charge in [-0.2, -0.15) is 0 Å². The molecule has 26 heavy (non-hydrogen) atoms. The molecule has 0 aliphatic carbocycles. The van der Waals surface area contributed by atoms with E-state index in [9.17, 15) is 14.7 Å². The van der Waals surface area contributed by atoms with Gasteiger partial charge in [0.25, 0.3) is 0 Å². The molecular weight excluding hydrogens is 330 g/mol. The minimum absolute atomic E-state index is 0.412. The first-order chi connectivity index (χ1) is 12.2. The number of hydrogen-bond donors (Lipinski definition) is 2. The molecule has 2 rings (SSSR count). The number of rotatable bonds is 5. The molecule has 138 valence electrons. The second kappa shape index (κ2) is 8.04. The molecule has 0 unspecified atom stereocenters. The monoisotopic (exact) mass is 355 g/mol. The van der Waals surface area contributed by atoms with Crippen molar-refractivity contribution in [1.82, 2.24) is 5.32 Å². The maximum absolute atomic E-state index is 12.0. The van der Waals surface area contributed by atoms with Crippen molar-refractivity contribution in [1.29, 1.82) is 0 Å². The van der Waals surface area contributed by atoms with Crippen molar-refractivity contribution in [2.24, 2.45) is 0 Å². The smallest absolute Gasteiger partial charge is 0.408 e. The van der Waals surface area contributed by atoms with Crippen LogP contribution < -0.4 is 5.32 Å². The highest BCUT2D eigenvalue weighted by Gasteiger charge is 2.29. The van der Waals surface area contributed by atoms with Gasteiger partial charge in [-0.1, -0.05) is 61.5 Å². The number of hydrogen-bond acceptors (Lipinski definition) is 3. The zero-order valence-electron chi connectivity index (χ0n) is 15.5. The molecule has 0 saturated heterocycles. The number of aliphatic carboxylic acids is 1. The quantitative estimate of drug-likeness (QED) is 0.832. The lowest BCUT2D eigenvalue weighted by molar-refractivity contribution is -0.140. The lowest BCUT2D eigenvalue weighted by atomic mass is 9.92. The van der Waals surface area contributed by atoms with E-state index in [1.54, 1.807) is 27.7 Å². The lowest BCUT2D eigenvalue weighted by Gasteiger charge is -2.25. The number of carbonyl (C=O) groups is 2. The van der Waals surface area contributed by atoms with E-state index in [0.717, 1.165) is 16.7 Å². The van der Waals surface area contributed by atoms with Crippen molar-refractivity contribution in [3.63, 3.8) is 0 Å². The zero-order chi connectivity index (χ0) is 19.3. The minimum Gasteiger partial charge on any atom is -0.480 e. The number of alkyl carbamates (subject to hydrolysis) is 1. The molecule has 0 aromatic heterocycles. The Morgan fingerprint density at radius 2 is 1.50 bits per heavy atom. The van der Waals surface area contributed by atoms with Crippen molar-refractivity contribution < 1.29 is 19.4 Å². The van der Waals surface area contributed by atoms with Crippen molar-refractivity contribution >= 4 is 12.1 Å². The third kappa shape index (κ3) is 5.34. The van der Waals surface area contributed by atoms with Crippen molar-refractivity contribution in [3.8, 4) is 11.1 Å². The highest BCUT2D eigenvalue weighted by molar-refractivity contribution is 5.81. The first kappa shape index (κ1) is 19.5. The molecule has 0 spiro atoms. The van der Waals surface area contributed by atoms with Crippen LogP contribution in [-0.2, 0) is 9.53 Å². The fraction of sp³-hybridized carbons (Fsp3) is 0.333. The van der Waals surface area contributed by atoms with E-state index in [1.165, 1.54) is 0 Å². The summed E-state index contributed by atoms with van der Waals surface area (Å²) in [5.41, 5.74) is 2.28. The maximum atomic E-state index is 12.0. The summed E-state index contributed by atoms with van der Waals surface area (Å²) in [6.07, 6.45) is -0.738. The molecule has 2 atom stereocenters. The van der Waals surface area contributed by atoms with Gasteiger partial charge in [0, 0.05) is 5.92 Å². The summed E-state index contributed by atoms with van der Waals surface area (Å²) in [6, 6.07) is 16.5. The number of carbonyl (C=O) groups excluding carboxylic acids is 1. The fourth-order valence-electron chi connectivity index (χ4n) is 2.64. The van der Waals surface area contributed by atoms with Gasteiger partial charge in [-0.25, -0.2) is 9.59 Å². The first-order valence-corrected chi connectivity index (χ1v) is 8.55. The summed E-state index contributed by atoms with van der Waals surface area (Å²) in [6.45, 7) is 6.96. The van der Waals surface area contributed by atoms with Gasteiger partial charge in [0.05, 0.1) is 0 Å². The minimum atomic E-state index is -1.10. The van der Waals surface area contributed by atoms with Gasteiger partial charge in [0.2, 0.25) is 0 Å². The molecule has 2 N–H and O–H groups in total. The lowest BCUT2D eigenvalue weighted by Crippen LogP contribution is -2.46. The van der Waals surface area contributed by atoms with Crippen LogP contribution in [0.25, 0.3) is 11.1 Å². The molecule has 0 fully saturated rings. The second-order valence-electron chi connectivity index (χ2n) is 7.24. The maximum Gasteiger partial charge on any atom is 0.408 e. The highest BCUT2D eigenvalue weighted by atomic mass is 16.6. The molecule has 0 bridgehead atoms. The van der Waals surface area contributed by atoms with Gasteiger partial charge >= 0.3 is 12.1 Å². The van der Waals surface area contributed by atoms with Gasteiger partial charge in [0.15, 0.2) is 0 Å². The molecule has 2 aromatic carbocycles. The summed E-state index contributed by atoms with van der Waals surface area (Å²) in [5, 5.41) is 12.0. The number of carboxylic acid groups (broad SMARTS) is 1. The van der Waals surface area contributed by atoms with Gasteiger partial charge in [-0.3, -0.25) is 0 Å². The number of nitrogens with one attached hydrogen (secondary N) is 1. The summed E-state index contributed by atoms with van der Waals surface area (Å²) in [5.74, 6) is -1.51. The Kier molecular flexibility index (Phi) is 6.03. The topological polar surface area (TPSA) is 75.6 Å². The summed E-state index contributed by atoms with van der Waals surface area (Å²) < 4.78 is 5.17. The van der Waals surface area contributed by atoms with E-state index in [2.05, 4.69) is 5.32 Å². The van der Waals surface area contributed by atoms with Crippen LogP contribution in [0.5, 0.6) is 0 Å². The van der Waals surface area contributed by atoms with E-state index in [1.807, 2.05) is 54.6 Å². The zero-order valence-corrected chi connectivity index (χ0v) is 15.5. The largest absolute Gasteiger partial charge is 0.480 e. The van der Waals surface area contributed by atoms with Gasteiger partial charge in [-0.05, 0) is 37.5 Å². The van der Waals surface area contributed by atoms with E-state index < -0.39 is 29.6 Å². The van der Waals surface area contributed by atoms with Crippen LogP contribution in [0.2, 0.25) is 0 Å². The van der Waals surface area contributed by atoms with Crippen LogP contribution in [0.15, 0.2) is 54.6 Å². The average Bonchev–Trinajstić information content (AvgIpc) is 2.58. The van der Waals surface area contributed by atoms with E-state index >= 15 is 0 Å². The molecule has 0 heterocycles. The molecule has 5 nitrogen and oxygen atoms in total. The van der Waals surface area contributed by atoms with Crippen molar-refractivity contribution in [2.45, 2.75) is 45.3 Å². The molecular formula is C21H25NO4. The molecule has 0 aliphatic heterocycles. The van der Waals surface area contributed by atoms with Gasteiger partial charge in [0.1, 0.15) is 11.6 Å². The van der Waals surface area contributed by atoms with Gasteiger partial charge < -0.3 is 15.2 Å². The Balaban J connectivity index is 2.14. The van der Waals surface area contributed by atoms with E-state index in [4.69, 9.17) is 4.74 Å². The number of carboxylic acids is 1. The normalized spacial score (nSPS) is 13.5. The molecule has 0 radical (unpaired) electrons. The molecule has 5 heteroatoms. The molecule has 0 saturated carbocycles. The van der Waals surface area contributed by atoms with E-state index in [-0.39, 0.29) is 0 Å². The third-order valence-electron chi connectivity index (χ3n) is 3.98. The highest BCUT2D eigenvalue weighted by Crippen LogP contribution is 2.25. The van der Waals surface area contributed by atoms with E-state index in [0.29, 0.717) is 0 Å². The number of ether oxygens (including phenoxy) is 1. The van der Waals surface area contributed by atoms with Crippen LogP contribution in [0.1, 0.15) is 39.2 Å². The standard InChI is InChI=1S/C21H25NO4/c1-14(18(19(23)24)22-20(25)26-21(2,3)4)15-10-12-17(13-11-15)16-8-6-5-7-9-16/h5-14,18H,1-4H3,(H,22,25)(H,23,24)/t14-,18-/m0/s1. The Morgan fingerprint density at radius 3 is 2.00 bits per heavy atom. The predicted octanol–water partition coefficient (Wildman–Crippen LogP) is 4.44. The Labute approximate surface area is 154 Å². The predicted molar refractivity (Wildman–Crippen MR) is 101 cm³/mol. The molecule has 2 aromatic rings. The number of benzene rings is 2. The first-order valence-electron chi connectivity index (χ1n) is 8.55. The summed E-state index contributed by atoms with van der Waals surface area (Å²) >= 11 is 0. The second-order valence-corrected chi connectivity index (χ2v) is 7.24. The molecule has 1 amide bonds. The summed E-state index contributed by atoms with van der Waals surface area (Å²) in [4.78, 5) is 23.6. The average molecular weight is 355 g/mol. The van der Waals surface area contributed by atoms with Crippen molar-refractivity contribution in [2.75, 3.05) is 0 Å². The van der Waals surface area contributed by atoms with Gasteiger partial charge in [-0.15, -0.1) is 0 Å². The Bertz CT molecular complexity index is 748. The Morgan fingerprint density at radius 1 is 0.962 bits per heavy atom. The van der Waals surface area contributed by atoms with Crippen LogP contribution in [-0.4, -0.2) is 28.8 Å². The van der Waals surface area contributed by atoms with Crippen LogP contribution in [0.4, 0.5) is 4.79 Å². The van der Waals surface area contributed by atoms with Crippen LogP contribution >= 0.6 is 0 Å². The molecule has 0 aliphatic rings. The van der Waals surface area contributed by atoms with Crippen LogP contribution in [0, 0.1) is 0 Å².